The Bertz CT molecular complexity index is 1110. The van der Waals surface area contributed by atoms with Crippen LogP contribution in [-0.4, -0.2) is 51.7 Å². The number of amides is 2. The van der Waals surface area contributed by atoms with E-state index in [-0.39, 0.29) is 23.8 Å². The molecule has 152 valence electrons. The number of hydrogen-bond acceptors (Lipinski definition) is 6. The summed E-state index contributed by atoms with van der Waals surface area (Å²) in [7, 11) is 1.64. The highest BCUT2D eigenvalue weighted by Gasteiger charge is 2.49. The van der Waals surface area contributed by atoms with Gasteiger partial charge in [-0.3, -0.25) is 19.7 Å². The number of H-pyrrole nitrogens is 1. The van der Waals surface area contributed by atoms with E-state index in [9.17, 15) is 9.59 Å². The molecule has 3 heterocycles. The second-order valence-electron chi connectivity index (χ2n) is 7.53. The van der Waals surface area contributed by atoms with E-state index in [1.165, 1.54) is 4.90 Å². The lowest BCUT2D eigenvalue weighted by Crippen LogP contribution is -2.49. The van der Waals surface area contributed by atoms with E-state index in [1.807, 2.05) is 18.2 Å². The molecule has 1 aliphatic carbocycles. The van der Waals surface area contributed by atoms with E-state index in [4.69, 9.17) is 4.74 Å². The molecule has 2 aliphatic rings. The number of hydrogen-bond donors (Lipinski definition) is 2. The van der Waals surface area contributed by atoms with Gasteiger partial charge in [0.1, 0.15) is 18.5 Å². The number of aromatic nitrogens is 4. The van der Waals surface area contributed by atoms with Crippen LogP contribution in [0.2, 0.25) is 0 Å². The third kappa shape index (κ3) is 2.99. The lowest BCUT2D eigenvalue weighted by molar-refractivity contribution is -0.120. The molecule has 2 N–H and O–H groups in total. The van der Waals surface area contributed by atoms with Crippen LogP contribution in [0.3, 0.4) is 0 Å². The number of aromatic amines is 1. The third-order valence-electron chi connectivity index (χ3n) is 5.68. The van der Waals surface area contributed by atoms with Crippen LogP contribution in [0.4, 0.5) is 5.69 Å². The van der Waals surface area contributed by atoms with Crippen molar-refractivity contribution in [1.29, 1.82) is 0 Å². The number of likely N-dealkylation sites (N-methyl/N-ethyl adjacent to an activating group) is 1. The van der Waals surface area contributed by atoms with Gasteiger partial charge in [-0.25, -0.2) is 4.98 Å². The molecule has 2 amide bonds. The minimum atomic E-state index is -0.860. The first-order chi connectivity index (χ1) is 14.6. The zero-order valence-electron chi connectivity index (χ0n) is 16.3. The van der Waals surface area contributed by atoms with Crippen molar-refractivity contribution in [3.05, 3.63) is 66.0 Å². The summed E-state index contributed by atoms with van der Waals surface area (Å²) in [6.07, 6.45) is 5.02. The average molecular weight is 404 g/mol. The molecule has 1 saturated carbocycles. The van der Waals surface area contributed by atoms with Gasteiger partial charge in [0.05, 0.1) is 17.3 Å². The minimum Gasteiger partial charge on any atom is -0.487 e. The Kier molecular flexibility index (Phi) is 4.23. The molecule has 9 nitrogen and oxygen atoms in total. The van der Waals surface area contributed by atoms with Crippen molar-refractivity contribution < 1.29 is 14.3 Å². The molecule has 1 fully saturated rings. The van der Waals surface area contributed by atoms with Crippen LogP contribution in [0, 0.1) is 0 Å². The van der Waals surface area contributed by atoms with Gasteiger partial charge in [-0.15, -0.1) is 5.10 Å². The molecule has 0 unspecified atom stereocenters. The molecular formula is C21H20N6O3. The van der Waals surface area contributed by atoms with Crippen molar-refractivity contribution in [2.45, 2.75) is 24.3 Å². The van der Waals surface area contributed by atoms with Crippen molar-refractivity contribution in [3.63, 3.8) is 0 Å². The predicted molar refractivity (Wildman–Crippen MR) is 107 cm³/mol. The van der Waals surface area contributed by atoms with Crippen LogP contribution in [0.15, 0.2) is 48.8 Å². The fourth-order valence-corrected chi connectivity index (χ4v) is 3.81. The van der Waals surface area contributed by atoms with Crippen LogP contribution in [0.1, 0.15) is 34.8 Å². The molecule has 1 aromatic carbocycles. The summed E-state index contributed by atoms with van der Waals surface area (Å²) in [6, 6.07) is 10.9. The fourth-order valence-electron chi connectivity index (χ4n) is 3.81. The number of anilines is 1. The van der Waals surface area contributed by atoms with Gasteiger partial charge in [0.2, 0.25) is 5.82 Å². The SMILES string of the molecule is CN1C(=O)[C@@H](NC(=O)c2n[nH]c(C3(c4ccccc4)CC3)n2)COc2cnccc21. The number of fused-ring (bicyclic) bond motifs is 1. The van der Waals surface area contributed by atoms with Gasteiger partial charge in [-0.05, 0) is 24.5 Å². The largest absolute Gasteiger partial charge is 0.487 e. The van der Waals surface area contributed by atoms with Gasteiger partial charge in [-0.1, -0.05) is 30.3 Å². The van der Waals surface area contributed by atoms with Gasteiger partial charge < -0.3 is 15.0 Å². The highest BCUT2D eigenvalue weighted by Crippen LogP contribution is 2.51. The second kappa shape index (κ2) is 6.94. The molecule has 0 radical (unpaired) electrons. The van der Waals surface area contributed by atoms with E-state index in [0.717, 1.165) is 18.4 Å². The maximum absolute atomic E-state index is 12.8. The third-order valence-corrected chi connectivity index (χ3v) is 5.68. The van der Waals surface area contributed by atoms with Gasteiger partial charge >= 0.3 is 0 Å². The summed E-state index contributed by atoms with van der Waals surface area (Å²) in [6.45, 7) is -0.00115. The lowest BCUT2D eigenvalue weighted by Gasteiger charge is -2.19. The van der Waals surface area contributed by atoms with Gasteiger partial charge in [0.15, 0.2) is 5.75 Å². The predicted octanol–water partition coefficient (Wildman–Crippen LogP) is 1.43. The van der Waals surface area contributed by atoms with Gasteiger partial charge in [-0.2, -0.15) is 0 Å². The first-order valence-corrected chi connectivity index (χ1v) is 9.72. The summed E-state index contributed by atoms with van der Waals surface area (Å²) < 4.78 is 5.68. The maximum Gasteiger partial charge on any atom is 0.291 e. The summed E-state index contributed by atoms with van der Waals surface area (Å²) in [5.74, 6) is 0.348. The quantitative estimate of drug-likeness (QED) is 0.680. The van der Waals surface area contributed by atoms with Crippen molar-refractivity contribution in [3.8, 4) is 5.75 Å². The minimum absolute atomic E-state index is 0.00115. The van der Waals surface area contributed by atoms with Crippen LogP contribution in [0.5, 0.6) is 5.75 Å². The first-order valence-electron chi connectivity index (χ1n) is 9.72. The van der Waals surface area contributed by atoms with E-state index < -0.39 is 11.9 Å². The highest BCUT2D eigenvalue weighted by atomic mass is 16.5. The van der Waals surface area contributed by atoms with Crippen molar-refractivity contribution in [2.24, 2.45) is 0 Å². The van der Waals surface area contributed by atoms with Crippen molar-refractivity contribution in [2.75, 3.05) is 18.6 Å². The van der Waals surface area contributed by atoms with E-state index in [2.05, 4.69) is 37.6 Å². The number of ether oxygens (including phenoxy) is 1. The molecule has 3 aromatic rings. The van der Waals surface area contributed by atoms with E-state index in [0.29, 0.717) is 17.3 Å². The molecular weight excluding hydrogens is 384 g/mol. The molecule has 5 rings (SSSR count). The fraction of sp³-hybridized carbons (Fsp3) is 0.286. The summed E-state index contributed by atoms with van der Waals surface area (Å²) in [5.41, 5.74) is 1.53. The lowest BCUT2D eigenvalue weighted by atomic mass is 9.95. The molecule has 1 atom stereocenters. The molecule has 0 saturated heterocycles. The Labute approximate surface area is 172 Å². The Morgan fingerprint density at radius 2 is 2.07 bits per heavy atom. The Hall–Kier alpha value is -3.75. The summed E-state index contributed by atoms with van der Waals surface area (Å²) in [5, 5.41) is 9.71. The van der Waals surface area contributed by atoms with Crippen LogP contribution < -0.4 is 15.0 Å². The van der Waals surface area contributed by atoms with E-state index >= 15 is 0 Å². The molecule has 1 aliphatic heterocycles. The van der Waals surface area contributed by atoms with Crippen molar-refractivity contribution >= 4 is 17.5 Å². The molecule has 9 heteroatoms. The number of carbonyl (C=O) groups excluding carboxylic acids is 2. The number of nitrogens with one attached hydrogen (secondary N) is 2. The Morgan fingerprint density at radius 3 is 2.83 bits per heavy atom. The van der Waals surface area contributed by atoms with E-state index in [1.54, 1.807) is 25.5 Å². The number of nitrogens with zero attached hydrogens (tertiary/aromatic N) is 4. The number of rotatable bonds is 4. The standard InChI is InChI=1S/C21H20N6O3/c1-27-15-7-10-22-11-16(15)30-12-14(19(27)29)23-18(28)17-24-20(26-25-17)21(8-9-21)13-5-3-2-4-6-13/h2-7,10-11,14H,8-9,12H2,1H3,(H,23,28)(H,24,25,26)/t14-/m0/s1. The smallest absolute Gasteiger partial charge is 0.291 e. The normalized spacial score (nSPS) is 19.4. The number of carbonyl (C=O) groups is 2. The van der Waals surface area contributed by atoms with Gasteiger partial charge in [0, 0.05) is 13.2 Å². The zero-order valence-corrected chi connectivity index (χ0v) is 16.3. The molecule has 30 heavy (non-hydrogen) atoms. The Balaban J connectivity index is 1.33. The summed E-state index contributed by atoms with van der Waals surface area (Å²) in [4.78, 5) is 35.5. The highest BCUT2D eigenvalue weighted by molar-refractivity contribution is 6.02. The molecule has 2 aromatic heterocycles. The topological polar surface area (TPSA) is 113 Å². The van der Waals surface area contributed by atoms with Crippen molar-refractivity contribution in [1.82, 2.24) is 25.5 Å². The first kappa shape index (κ1) is 18.3. The molecule has 0 bridgehead atoms. The molecule has 0 spiro atoms. The second-order valence-corrected chi connectivity index (χ2v) is 7.53. The van der Waals surface area contributed by atoms with Crippen LogP contribution in [-0.2, 0) is 10.2 Å². The summed E-state index contributed by atoms with van der Waals surface area (Å²) >= 11 is 0. The number of benzene rings is 1. The van der Waals surface area contributed by atoms with Crippen LogP contribution in [0.25, 0.3) is 0 Å². The monoisotopic (exact) mass is 404 g/mol. The average Bonchev–Trinajstić information content (AvgIpc) is 3.47. The zero-order chi connectivity index (χ0) is 20.7. The Morgan fingerprint density at radius 1 is 1.27 bits per heavy atom. The number of pyridine rings is 1. The van der Waals surface area contributed by atoms with Crippen LogP contribution >= 0.6 is 0 Å². The van der Waals surface area contributed by atoms with Gasteiger partial charge in [0.25, 0.3) is 11.8 Å². The maximum atomic E-state index is 12.8.